The Kier molecular flexibility index (Phi) is 5.34. The van der Waals surface area contributed by atoms with Gasteiger partial charge in [-0.1, -0.05) is 47.5 Å². The first-order valence-corrected chi connectivity index (χ1v) is 10.4. The van der Waals surface area contributed by atoms with Crippen molar-refractivity contribution in [1.29, 1.82) is 0 Å². The highest BCUT2D eigenvalue weighted by atomic mass is 35.5. The summed E-state index contributed by atoms with van der Waals surface area (Å²) in [5.74, 6) is -0.922. The van der Waals surface area contributed by atoms with Crippen LogP contribution >= 0.6 is 34.5 Å². The number of carbonyl (C=O) groups is 2. The Hall–Kier alpha value is -2.41. The molecule has 0 radical (unpaired) electrons. The molecular formula is C21H16Cl2N2O3S. The lowest BCUT2D eigenvalue weighted by molar-refractivity contribution is -0.134. The summed E-state index contributed by atoms with van der Waals surface area (Å²) in [6.45, 7) is 1.61. The van der Waals surface area contributed by atoms with E-state index in [0.29, 0.717) is 33.6 Å². The van der Waals surface area contributed by atoms with Crippen LogP contribution < -0.4 is 5.32 Å². The van der Waals surface area contributed by atoms with Gasteiger partial charge < -0.3 is 4.74 Å². The molecular weight excluding hydrogens is 431 g/mol. The molecule has 2 aromatic carbocycles. The highest BCUT2D eigenvalue weighted by molar-refractivity contribution is 7.15. The van der Waals surface area contributed by atoms with Gasteiger partial charge in [-0.2, -0.15) is 0 Å². The number of rotatable bonds is 4. The van der Waals surface area contributed by atoms with E-state index in [1.807, 2.05) is 12.1 Å². The van der Waals surface area contributed by atoms with Crippen LogP contribution in [0, 0.1) is 0 Å². The number of anilines is 1. The fraction of sp³-hybridized carbons (Fsp3) is 0.190. The van der Waals surface area contributed by atoms with Gasteiger partial charge in [-0.15, -0.1) is 11.3 Å². The fourth-order valence-electron chi connectivity index (χ4n) is 3.21. The van der Waals surface area contributed by atoms with Gasteiger partial charge in [-0.3, -0.25) is 10.1 Å². The van der Waals surface area contributed by atoms with Crippen molar-refractivity contribution in [3.05, 3.63) is 80.3 Å². The lowest BCUT2D eigenvalue weighted by Crippen LogP contribution is -2.48. The third-order valence-electron chi connectivity index (χ3n) is 4.75. The number of hydrogen-bond donors (Lipinski definition) is 1. The number of amides is 1. The van der Waals surface area contributed by atoms with Crippen molar-refractivity contribution in [2.75, 3.05) is 5.32 Å². The number of fused-ring (bicyclic) bond motifs is 1. The SMILES string of the molecule is CC1(C(=O)Nc2ncc(Cc3c(Cl)cccc3Cl)s2)Cc2ccccc2C(=O)O1. The number of ether oxygens (including phenoxy) is 1. The molecule has 1 aliphatic heterocycles. The number of aromatic nitrogens is 1. The Labute approximate surface area is 181 Å². The summed E-state index contributed by atoms with van der Waals surface area (Å²) in [6, 6.07) is 12.5. The summed E-state index contributed by atoms with van der Waals surface area (Å²) >= 11 is 13.8. The standard InChI is InChI=1S/C21H16Cl2N2O3S/c1-21(10-12-5-2-3-6-14(12)18(26)28-21)19(27)25-20-24-11-13(29-20)9-15-16(22)7-4-8-17(15)23/h2-8,11H,9-10H2,1H3,(H,24,25,27). The fourth-order valence-corrected chi connectivity index (χ4v) is 4.56. The van der Waals surface area contributed by atoms with Crippen molar-refractivity contribution < 1.29 is 14.3 Å². The van der Waals surface area contributed by atoms with Gasteiger partial charge in [0.05, 0.1) is 5.56 Å². The number of esters is 1. The average molecular weight is 447 g/mol. The van der Waals surface area contributed by atoms with E-state index in [2.05, 4.69) is 10.3 Å². The van der Waals surface area contributed by atoms with Gasteiger partial charge in [0.15, 0.2) is 10.7 Å². The summed E-state index contributed by atoms with van der Waals surface area (Å²) in [6.07, 6.45) is 2.48. The Balaban J connectivity index is 1.49. The van der Waals surface area contributed by atoms with E-state index in [-0.39, 0.29) is 0 Å². The second-order valence-corrected chi connectivity index (χ2v) is 8.85. The second-order valence-electron chi connectivity index (χ2n) is 6.92. The smallest absolute Gasteiger partial charge is 0.339 e. The average Bonchev–Trinajstić information content (AvgIpc) is 3.12. The van der Waals surface area contributed by atoms with E-state index < -0.39 is 17.5 Å². The molecule has 8 heteroatoms. The monoisotopic (exact) mass is 446 g/mol. The maximum Gasteiger partial charge on any atom is 0.339 e. The highest BCUT2D eigenvalue weighted by Crippen LogP contribution is 2.32. The first-order valence-electron chi connectivity index (χ1n) is 8.86. The zero-order valence-corrected chi connectivity index (χ0v) is 17.7. The predicted molar refractivity (Wildman–Crippen MR) is 114 cm³/mol. The maximum atomic E-state index is 12.9. The highest BCUT2D eigenvalue weighted by Gasteiger charge is 2.42. The molecule has 0 saturated heterocycles. The van der Waals surface area contributed by atoms with Crippen LogP contribution in [-0.4, -0.2) is 22.5 Å². The van der Waals surface area contributed by atoms with Crippen molar-refractivity contribution in [2.24, 2.45) is 0 Å². The minimum atomic E-state index is -1.30. The molecule has 1 atom stereocenters. The molecule has 0 bridgehead atoms. The number of carbonyl (C=O) groups excluding carboxylic acids is 2. The Morgan fingerprint density at radius 3 is 2.69 bits per heavy atom. The van der Waals surface area contributed by atoms with Crippen molar-refractivity contribution in [3.8, 4) is 0 Å². The predicted octanol–water partition coefficient (Wildman–Crippen LogP) is 5.15. The first kappa shape index (κ1) is 19.9. The Bertz CT molecular complexity index is 1090. The van der Waals surface area contributed by atoms with E-state index in [4.69, 9.17) is 27.9 Å². The number of hydrogen-bond acceptors (Lipinski definition) is 5. The molecule has 1 aromatic heterocycles. The van der Waals surface area contributed by atoms with E-state index in [1.165, 1.54) is 11.3 Å². The normalized spacial score (nSPS) is 18.1. The van der Waals surface area contributed by atoms with Crippen molar-refractivity contribution in [3.63, 3.8) is 0 Å². The van der Waals surface area contributed by atoms with Gasteiger partial charge in [0.25, 0.3) is 5.91 Å². The molecule has 0 aliphatic carbocycles. The zero-order chi connectivity index (χ0) is 20.6. The van der Waals surface area contributed by atoms with Crippen molar-refractivity contribution in [2.45, 2.75) is 25.4 Å². The van der Waals surface area contributed by atoms with E-state index >= 15 is 0 Å². The van der Waals surface area contributed by atoms with Crippen LogP contribution in [-0.2, 0) is 22.4 Å². The third-order valence-corrected chi connectivity index (χ3v) is 6.37. The van der Waals surface area contributed by atoms with Gasteiger partial charge in [0.1, 0.15) is 0 Å². The minimum absolute atomic E-state index is 0.300. The van der Waals surface area contributed by atoms with Gasteiger partial charge in [-0.05, 0) is 36.2 Å². The van der Waals surface area contributed by atoms with E-state index in [1.54, 1.807) is 43.5 Å². The molecule has 29 heavy (non-hydrogen) atoms. The zero-order valence-electron chi connectivity index (χ0n) is 15.4. The van der Waals surface area contributed by atoms with E-state index in [9.17, 15) is 9.59 Å². The minimum Gasteiger partial charge on any atom is -0.445 e. The molecule has 1 unspecified atom stereocenters. The molecule has 148 valence electrons. The molecule has 0 spiro atoms. The van der Waals surface area contributed by atoms with Crippen LogP contribution in [0.5, 0.6) is 0 Å². The van der Waals surface area contributed by atoms with Crippen LogP contribution in [0.3, 0.4) is 0 Å². The third kappa shape index (κ3) is 4.01. The van der Waals surface area contributed by atoms with Crippen LogP contribution in [0.4, 0.5) is 5.13 Å². The molecule has 5 nitrogen and oxygen atoms in total. The summed E-state index contributed by atoms with van der Waals surface area (Å²) in [5, 5.41) is 4.35. The molecule has 1 aliphatic rings. The van der Waals surface area contributed by atoms with Gasteiger partial charge >= 0.3 is 5.97 Å². The summed E-state index contributed by atoms with van der Waals surface area (Å²) in [4.78, 5) is 30.3. The molecule has 0 saturated carbocycles. The number of benzene rings is 2. The summed E-state index contributed by atoms with van der Waals surface area (Å²) in [7, 11) is 0. The number of nitrogens with zero attached hydrogens (tertiary/aromatic N) is 1. The molecule has 3 aromatic rings. The number of cyclic esters (lactones) is 1. The van der Waals surface area contributed by atoms with Gasteiger partial charge in [0.2, 0.25) is 0 Å². The topological polar surface area (TPSA) is 68.3 Å². The van der Waals surface area contributed by atoms with Gasteiger partial charge in [0, 0.05) is 34.0 Å². The van der Waals surface area contributed by atoms with Crippen LogP contribution in [0.25, 0.3) is 0 Å². The molecule has 0 fully saturated rings. The quantitative estimate of drug-likeness (QED) is 0.562. The largest absolute Gasteiger partial charge is 0.445 e. The molecule has 4 rings (SSSR count). The number of thiazole rings is 1. The summed E-state index contributed by atoms with van der Waals surface area (Å²) in [5.41, 5.74) is 0.784. The van der Waals surface area contributed by atoms with Crippen LogP contribution in [0.15, 0.2) is 48.7 Å². The second kappa shape index (κ2) is 7.78. The number of halogens is 2. The molecule has 2 heterocycles. The van der Waals surface area contributed by atoms with Gasteiger partial charge in [-0.25, -0.2) is 9.78 Å². The Morgan fingerprint density at radius 1 is 1.21 bits per heavy atom. The van der Waals surface area contributed by atoms with Crippen LogP contribution in [0.2, 0.25) is 10.0 Å². The Morgan fingerprint density at radius 2 is 1.93 bits per heavy atom. The first-order chi connectivity index (χ1) is 13.9. The molecule has 1 amide bonds. The maximum absolute atomic E-state index is 12.9. The van der Waals surface area contributed by atoms with E-state index in [0.717, 1.165) is 16.0 Å². The van der Waals surface area contributed by atoms with Crippen molar-refractivity contribution >= 4 is 51.5 Å². The number of nitrogens with one attached hydrogen (secondary N) is 1. The van der Waals surface area contributed by atoms with Crippen LogP contribution in [0.1, 0.15) is 33.3 Å². The lowest BCUT2D eigenvalue weighted by atomic mass is 9.89. The summed E-state index contributed by atoms with van der Waals surface area (Å²) < 4.78 is 5.46. The lowest BCUT2D eigenvalue weighted by Gasteiger charge is -2.32. The van der Waals surface area contributed by atoms with Crippen molar-refractivity contribution in [1.82, 2.24) is 4.98 Å². The molecule has 1 N–H and O–H groups in total.